The van der Waals surface area contributed by atoms with Crippen molar-refractivity contribution in [2.75, 3.05) is 6.54 Å². The van der Waals surface area contributed by atoms with Gasteiger partial charge < -0.3 is 9.73 Å². The summed E-state index contributed by atoms with van der Waals surface area (Å²) < 4.78 is 71.5. The highest BCUT2D eigenvalue weighted by Crippen LogP contribution is 2.31. The zero-order valence-electron chi connectivity index (χ0n) is 19.1. The molecule has 1 N–H and O–H groups in total. The van der Waals surface area contributed by atoms with Crippen LogP contribution in [-0.4, -0.2) is 46.2 Å². The van der Waals surface area contributed by atoms with E-state index >= 15 is 0 Å². The SMILES string of the molecule is O=C(NCc1cc(-c2ccc(C(F)(F)F)cc2)ncn1)[C@@H]1CCCN1S(=O)(=O)c1cc2cnccc2o1. The third-order valence-electron chi connectivity index (χ3n) is 6.04. The summed E-state index contributed by atoms with van der Waals surface area (Å²) in [5, 5.41) is 2.98. The van der Waals surface area contributed by atoms with E-state index in [-0.39, 0.29) is 18.2 Å². The van der Waals surface area contributed by atoms with Crippen molar-refractivity contribution in [1.82, 2.24) is 24.6 Å². The number of sulfonamides is 1. The number of halogens is 3. The van der Waals surface area contributed by atoms with Gasteiger partial charge in [-0.05, 0) is 37.1 Å². The van der Waals surface area contributed by atoms with Gasteiger partial charge in [-0.25, -0.2) is 18.4 Å². The van der Waals surface area contributed by atoms with E-state index in [0.717, 1.165) is 16.4 Å². The van der Waals surface area contributed by atoms with Crippen LogP contribution in [0.3, 0.4) is 0 Å². The van der Waals surface area contributed by atoms with Gasteiger partial charge in [0.1, 0.15) is 18.0 Å². The van der Waals surface area contributed by atoms with Crippen LogP contribution in [0, 0.1) is 0 Å². The van der Waals surface area contributed by atoms with E-state index in [9.17, 15) is 26.4 Å². The van der Waals surface area contributed by atoms with Crippen molar-refractivity contribution in [3.8, 4) is 11.3 Å². The average molecular weight is 532 g/mol. The number of fused-ring (bicyclic) bond motifs is 1. The highest BCUT2D eigenvalue weighted by molar-refractivity contribution is 7.89. The summed E-state index contributed by atoms with van der Waals surface area (Å²) in [6.45, 7) is 0.150. The number of furan rings is 1. The van der Waals surface area contributed by atoms with Gasteiger partial charge in [0.15, 0.2) is 0 Å². The minimum atomic E-state index is -4.44. The molecule has 0 spiro atoms. The summed E-state index contributed by atoms with van der Waals surface area (Å²) in [7, 11) is -4.06. The fourth-order valence-electron chi connectivity index (χ4n) is 4.17. The molecule has 1 atom stereocenters. The molecular formula is C24H20F3N5O4S. The zero-order valence-corrected chi connectivity index (χ0v) is 20.0. The molecule has 9 nitrogen and oxygen atoms in total. The molecule has 1 aromatic carbocycles. The topological polar surface area (TPSA) is 118 Å². The van der Waals surface area contributed by atoms with Crippen LogP contribution in [0.15, 0.2) is 70.7 Å². The van der Waals surface area contributed by atoms with Crippen molar-refractivity contribution < 1.29 is 30.8 Å². The highest BCUT2D eigenvalue weighted by Gasteiger charge is 2.41. The number of hydrogen-bond donors (Lipinski definition) is 1. The van der Waals surface area contributed by atoms with Crippen LogP contribution in [0.4, 0.5) is 13.2 Å². The molecule has 0 radical (unpaired) electrons. The number of pyridine rings is 1. The van der Waals surface area contributed by atoms with Crippen LogP contribution in [-0.2, 0) is 27.5 Å². The van der Waals surface area contributed by atoms with Crippen LogP contribution in [0.5, 0.6) is 0 Å². The lowest BCUT2D eigenvalue weighted by Gasteiger charge is -2.22. The quantitative estimate of drug-likeness (QED) is 0.402. The van der Waals surface area contributed by atoms with Crippen molar-refractivity contribution in [3.63, 3.8) is 0 Å². The second-order valence-electron chi connectivity index (χ2n) is 8.44. The number of nitrogens with one attached hydrogen (secondary N) is 1. The highest BCUT2D eigenvalue weighted by atomic mass is 32.2. The summed E-state index contributed by atoms with van der Waals surface area (Å²) in [4.78, 5) is 25.1. The van der Waals surface area contributed by atoms with Crippen LogP contribution < -0.4 is 5.32 Å². The molecule has 1 fully saturated rings. The number of rotatable bonds is 6. The molecule has 1 aliphatic heterocycles. The Balaban J connectivity index is 1.28. The molecule has 1 amide bonds. The number of carbonyl (C=O) groups excluding carboxylic acids is 1. The molecule has 0 aliphatic carbocycles. The van der Waals surface area contributed by atoms with E-state index in [1.54, 1.807) is 12.1 Å². The summed E-state index contributed by atoms with van der Waals surface area (Å²) in [6.07, 6.45) is 0.634. The van der Waals surface area contributed by atoms with Gasteiger partial charge >= 0.3 is 6.18 Å². The lowest BCUT2D eigenvalue weighted by atomic mass is 10.1. The molecule has 0 unspecified atom stereocenters. The van der Waals surface area contributed by atoms with Gasteiger partial charge in [0.25, 0.3) is 10.0 Å². The molecule has 1 aliphatic rings. The van der Waals surface area contributed by atoms with Gasteiger partial charge in [0.2, 0.25) is 11.0 Å². The smallest absolute Gasteiger partial charge is 0.416 e. The molecule has 37 heavy (non-hydrogen) atoms. The Morgan fingerprint density at radius 1 is 1.14 bits per heavy atom. The number of nitrogens with zero attached hydrogens (tertiary/aromatic N) is 4. The second kappa shape index (κ2) is 9.56. The Hall–Kier alpha value is -3.84. The fraction of sp³-hybridized carbons (Fsp3) is 0.250. The average Bonchev–Trinajstić information content (AvgIpc) is 3.55. The van der Waals surface area contributed by atoms with E-state index in [4.69, 9.17) is 4.42 Å². The first-order chi connectivity index (χ1) is 17.6. The molecule has 13 heteroatoms. The fourth-order valence-corrected chi connectivity index (χ4v) is 5.78. The lowest BCUT2D eigenvalue weighted by molar-refractivity contribution is -0.137. The van der Waals surface area contributed by atoms with Crippen LogP contribution in [0.1, 0.15) is 24.1 Å². The van der Waals surface area contributed by atoms with Crippen molar-refractivity contribution in [2.45, 2.75) is 36.7 Å². The summed E-state index contributed by atoms with van der Waals surface area (Å²) in [6, 6.07) is 8.12. The van der Waals surface area contributed by atoms with Crippen LogP contribution >= 0.6 is 0 Å². The monoisotopic (exact) mass is 531 g/mol. The van der Waals surface area contributed by atoms with E-state index in [1.165, 1.54) is 36.9 Å². The van der Waals surface area contributed by atoms with Crippen LogP contribution in [0.25, 0.3) is 22.2 Å². The minimum absolute atomic E-state index is 0.0182. The molecule has 4 heterocycles. The Bertz CT molecular complexity index is 1520. The van der Waals surface area contributed by atoms with E-state index < -0.39 is 33.7 Å². The third kappa shape index (κ3) is 5.04. The van der Waals surface area contributed by atoms with Crippen molar-refractivity contribution in [2.24, 2.45) is 0 Å². The van der Waals surface area contributed by atoms with Crippen LogP contribution in [0.2, 0.25) is 0 Å². The first-order valence-corrected chi connectivity index (χ1v) is 12.7. The van der Waals surface area contributed by atoms with Crippen molar-refractivity contribution >= 4 is 26.9 Å². The summed E-state index contributed by atoms with van der Waals surface area (Å²) in [5.74, 6) is -0.492. The normalized spacial score (nSPS) is 16.8. The van der Waals surface area contributed by atoms with E-state index in [1.807, 2.05) is 0 Å². The Kier molecular flexibility index (Phi) is 6.42. The maximum Gasteiger partial charge on any atom is 0.416 e. The van der Waals surface area contributed by atoms with Gasteiger partial charge in [-0.2, -0.15) is 17.5 Å². The van der Waals surface area contributed by atoms with Gasteiger partial charge in [0, 0.05) is 36.0 Å². The first-order valence-electron chi connectivity index (χ1n) is 11.2. The minimum Gasteiger partial charge on any atom is -0.443 e. The zero-order chi connectivity index (χ0) is 26.2. The molecule has 0 bridgehead atoms. The van der Waals surface area contributed by atoms with E-state index in [0.29, 0.717) is 40.8 Å². The molecule has 5 rings (SSSR count). The maximum atomic E-state index is 13.2. The number of alkyl halides is 3. The standard InChI is InChI=1S/C24H20F3N5O4S/c25-24(26,27)17-5-3-15(4-6-17)19-11-18(30-14-31-19)13-29-23(33)20-2-1-9-32(20)37(34,35)22-10-16-12-28-8-7-21(16)36-22/h3-8,10-12,14,20H,1-2,9,13H2,(H,29,33)/t20-/m0/s1. The molecule has 0 saturated carbocycles. The molecule has 3 aromatic heterocycles. The second-order valence-corrected chi connectivity index (χ2v) is 10.3. The predicted molar refractivity (Wildman–Crippen MR) is 125 cm³/mol. The summed E-state index contributed by atoms with van der Waals surface area (Å²) >= 11 is 0. The number of carbonyl (C=O) groups is 1. The molecule has 192 valence electrons. The Morgan fingerprint density at radius 3 is 2.65 bits per heavy atom. The third-order valence-corrected chi connectivity index (χ3v) is 7.80. The first kappa shape index (κ1) is 24.8. The van der Waals surface area contributed by atoms with Crippen molar-refractivity contribution in [3.05, 3.63) is 72.4 Å². The Morgan fingerprint density at radius 2 is 1.92 bits per heavy atom. The van der Waals surface area contributed by atoms with Gasteiger partial charge in [-0.1, -0.05) is 12.1 Å². The number of hydrogen-bond acceptors (Lipinski definition) is 7. The number of aromatic nitrogens is 3. The van der Waals surface area contributed by atoms with Crippen molar-refractivity contribution in [1.29, 1.82) is 0 Å². The number of amides is 1. The van der Waals surface area contributed by atoms with Gasteiger partial charge in [0.05, 0.1) is 23.5 Å². The van der Waals surface area contributed by atoms with Gasteiger partial charge in [-0.3, -0.25) is 9.78 Å². The predicted octanol–water partition coefficient (Wildman–Crippen LogP) is 3.77. The lowest BCUT2D eigenvalue weighted by Crippen LogP contribution is -2.45. The van der Waals surface area contributed by atoms with E-state index in [2.05, 4.69) is 20.3 Å². The maximum absolute atomic E-state index is 13.2. The molecule has 4 aromatic rings. The molecule has 1 saturated heterocycles. The van der Waals surface area contributed by atoms with Gasteiger partial charge in [-0.15, -0.1) is 0 Å². The summed E-state index contributed by atoms with van der Waals surface area (Å²) in [5.41, 5.74) is 0.861. The number of benzene rings is 1. The molecular weight excluding hydrogens is 511 g/mol. The largest absolute Gasteiger partial charge is 0.443 e. The Labute approximate surface area is 209 Å².